The van der Waals surface area contributed by atoms with Crippen LogP contribution in [0.15, 0.2) is 83.4 Å². The standard InChI is InChI=1S/C24H17ClN4O4S/c25-14-8-9-19(30)18(13-14)28-23(22(27-24(28)34)16-6-3-4-12-26-16)21-11-10-20(33-21)15-5-1-2-7-17(15)29(31)32/h1-13,22-23,30H,(H,27,34)/t22-,23-/m1/s1. The third-order valence-corrected chi connectivity index (χ3v) is 6.13. The van der Waals surface area contributed by atoms with Gasteiger partial charge in [0, 0.05) is 17.3 Å². The number of aromatic nitrogens is 1. The number of aromatic hydroxyl groups is 1. The van der Waals surface area contributed by atoms with Crippen LogP contribution in [0.3, 0.4) is 0 Å². The fourth-order valence-corrected chi connectivity index (χ4v) is 4.60. The smallest absolute Gasteiger partial charge is 0.280 e. The number of anilines is 1. The van der Waals surface area contributed by atoms with Gasteiger partial charge in [0.15, 0.2) is 5.11 Å². The number of halogens is 1. The molecule has 1 saturated heterocycles. The molecule has 0 amide bonds. The van der Waals surface area contributed by atoms with Crippen molar-refractivity contribution in [2.45, 2.75) is 12.1 Å². The Kier molecular flexibility index (Phi) is 5.64. The number of nitrogens with zero attached hydrogens (tertiary/aromatic N) is 3. The lowest BCUT2D eigenvalue weighted by molar-refractivity contribution is -0.384. The molecule has 1 fully saturated rings. The van der Waals surface area contributed by atoms with E-state index in [0.29, 0.717) is 38.6 Å². The number of furan rings is 1. The second-order valence-corrected chi connectivity index (χ2v) is 8.43. The molecule has 0 radical (unpaired) electrons. The van der Waals surface area contributed by atoms with Crippen molar-refractivity contribution in [3.8, 4) is 17.1 Å². The molecule has 8 nitrogen and oxygen atoms in total. The zero-order valence-electron chi connectivity index (χ0n) is 17.5. The predicted molar refractivity (Wildman–Crippen MR) is 132 cm³/mol. The van der Waals surface area contributed by atoms with Gasteiger partial charge in [-0.3, -0.25) is 15.1 Å². The molecule has 4 aromatic rings. The van der Waals surface area contributed by atoms with E-state index in [-0.39, 0.29) is 11.4 Å². The van der Waals surface area contributed by atoms with Crippen LogP contribution in [0.5, 0.6) is 5.75 Å². The number of phenols is 1. The summed E-state index contributed by atoms with van der Waals surface area (Å²) in [4.78, 5) is 17.3. The Labute approximate surface area is 204 Å². The van der Waals surface area contributed by atoms with E-state index >= 15 is 0 Å². The Morgan fingerprint density at radius 1 is 1.12 bits per heavy atom. The van der Waals surface area contributed by atoms with Gasteiger partial charge in [-0.25, -0.2) is 0 Å². The van der Waals surface area contributed by atoms with Crippen LogP contribution in [0.2, 0.25) is 5.02 Å². The Morgan fingerprint density at radius 3 is 2.68 bits per heavy atom. The minimum Gasteiger partial charge on any atom is -0.506 e. The van der Waals surface area contributed by atoms with Crippen LogP contribution in [0.4, 0.5) is 11.4 Å². The third kappa shape index (κ3) is 3.85. The molecular weight excluding hydrogens is 476 g/mol. The highest BCUT2D eigenvalue weighted by Crippen LogP contribution is 2.46. The second kappa shape index (κ2) is 8.77. The number of pyridine rings is 1. The van der Waals surface area contributed by atoms with E-state index in [1.165, 1.54) is 12.1 Å². The largest absolute Gasteiger partial charge is 0.506 e. The minimum absolute atomic E-state index is 0.00861. The van der Waals surface area contributed by atoms with Crippen molar-refractivity contribution < 1.29 is 14.4 Å². The molecule has 1 aliphatic rings. The maximum atomic E-state index is 11.5. The van der Waals surface area contributed by atoms with Crippen LogP contribution in [0.1, 0.15) is 23.5 Å². The van der Waals surface area contributed by atoms with E-state index in [1.54, 1.807) is 53.6 Å². The van der Waals surface area contributed by atoms with Gasteiger partial charge in [0.05, 0.1) is 27.9 Å². The van der Waals surface area contributed by atoms with E-state index in [0.717, 1.165) is 0 Å². The van der Waals surface area contributed by atoms with E-state index in [9.17, 15) is 15.2 Å². The molecule has 34 heavy (non-hydrogen) atoms. The highest BCUT2D eigenvalue weighted by molar-refractivity contribution is 7.80. The van der Waals surface area contributed by atoms with Gasteiger partial charge in [-0.05, 0) is 60.7 Å². The Morgan fingerprint density at radius 2 is 1.91 bits per heavy atom. The molecule has 5 rings (SSSR count). The first-order chi connectivity index (χ1) is 16.4. The van der Waals surface area contributed by atoms with Gasteiger partial charge < -0.3 is 19.7 Å². The first-order valence-electron chi connectivity index (χ1n) is 10.3. The molecule has 0 aliphatic carbocycles. The fraction of sp³-hybridized carbons (Fsp3) is 0.0833. The van der Waals surface area contributed by atoms with Crippen LogP contribution in [0.25, 0.3) is 11.3 Å². The lowest BCUT2D eigenvalue weighted by Crippen LogP contribution is -2.29. The average molecular weight is 493 g/mol. The van der Waals surface area contributed by atoms with Gasteiger partial charge in [-0.2, -0.15) is 0 Å². The van der Waals surface area contributed by atoms with Gasteiger partial charge >= 0.3 is 0 Å². The van der Waals surface area contributed by atoms with Crippen LogP contribution in [-0.2, 0) is 0 Å². The summed E-state index contributed by atoms with van der Waals surface area (Å²) in [5.74, 6) is 0.816. The summed E-state index contributed by atoms with van der Waals surface area (Å²) in [7, 11) is 0. The Balaban J connectivity index is 1.65. The Bertz CT molecular complexity index is 1390. The van der Waals surface area contributed by atoms with Gasteiger partial charge in [0.25, 0.3) is 5.69 Å². The lowest BCUT2D eigenvalue weighted by atomic mass is 10.0. The van der Waals surface area contributed by atoms with Crippen LogP contribution >= 0.6 is 23.8 Å². The molecule has 0 bridgehead atoms. The van der Waals surface area contributed by atoms with Crippen LogP contribution < -0.4 is 10.2 Å². The number of nitrogens with one attached hydrogen (secondary N) is 1. The van der Waals surface area contributed by atoms with Gasteiger partial charge in [0.1, 0.15) is 23.3 Å². The van der Waals surface area contributed by atoms with Crippen molar-refractivity contribution in [3.63, 3.8) is 0 Å². The van der Waals surface area contributed by atoms with Gasteiger partial charge in [-0.1, -0.05) is 29.8 Å². The third-order valence-electron chi connectivity index (χ3n) is 5.58. The fourth-order valence-electron chi connectivity index (χ4n) is 4.09. The summed E-state index contributed by atoms with van der Waals surface area (Å²) in [6, 6.07) is 19.1. The summed E-state index contributed by atoms with van der Waals surface area (Å²) in [6.45, 7) is 0. The number of rotatable bonds is 5. The number of nitro benzene ring substituents is 1. The normalized spacial score (nSPS) is 17.6. The number of para-hydroxylation sites is 1. The molecule has 1 aliphatic heterocycles. The molecule has 0 saturated carbocycles. The summed E-state index contributed by atoms with van der Waals surface area (Å²) in [5, 5.41) is 26.2. The molecule has 170 valence electrons. The van der Waals surface area contributed by atoms with Crippen molar-refractivity contribution in [2.75, 3.05) is 4.90 Å². The highest BCUT2D eigenvalue weighted by Gasteiger charge is 2.43. The molecule has 10 heteroatoms. The second-order valence-electron chi connectivity index (χ2n) is 7.61. The van der Waals surface area contributed by atoms with Crippen molar-refractivity contribution in [2.24, 2.45) is 0 Å². The monoisotopic (exact) mass is 492 g/mol. The number of phenolic OH excluding ortho intramolecular Hbond substituents is 1. The minimum atomic E-state index is -0.553. The molecule has 0 spiro atoms. The summed E-state index contributed by atoms with van der Waals surface area (Å²) in [5.41, 5.74) is 1.41. The van der Waals surface area contributed by atoms with Gasteiger partial charge in [-0.15, -0.1) is 0 Å². The SMILES string of the molecule is O=[N+]([O-])c1ccccc1-c1ccc([C@@H]2[C@@H](c3ccccn3)NC(=S)N2c2cc(Cl)ccc2O)o1. The Hall–Kier alpha value is -3.95. The molecule has 2 aromatic heterocycles. The molecule has 0 unspecified atom stereocenters. The van der Waals surface area contributed by atoms with E-state index in [2.05, 4.69) is 10.3 Å². The van der Waals surface area contributed by atoms with Crippen molar-refractivity contribution >= 4 is 40.3 Å². The van der Waals surface area contributed by atoms with E-state index in [4.69, 9.17) is 28.2 Å². The topological polar surface area (TPSA) is 105 Å². The van der Waals surface area contributed by atoms with E-state index < -0.39 is 17.0 Å². The summed E-state index contributed by atoms with van der Waals surface area (Å²) >= 11 is 11.9. The molecule has 2 aromatic carbocycles. The number of benzene rings is 2. The van der Waals surface area contributed by atoms with Crippen LogP contribution in [0, 0.1) is 10.1 Å². The lowest BCUT2D eigenvalue weighted by Gasteiger charge is -2.26. The van der Waals surface area contributed by atoms with E-state index in [1.807, 2.05) is 18.2 Å². The number of nitro groups is 1. The average Bonchev–Trinajstić information content (AvgIpc) is 3.46. The zero-order valence-corrected chi connectivity index (χ0v) is 19.0. The van der Waals surface area contributed by atoms with Gasteiger partial charge in [0.2, 0.25) is 0 Å². The number of hydrogen-bond acceptors (Lipinski definition) is 6. The maximum absolute atomic E-state index is 11.5. The highest BCUT2D eigenvalue weighted by atomic mass is 35.5. The predicted octanol–water partition coefficient (Wildman–Crippen LogP) is 5.79. The number of hydrogen-bond donors (Lipinski definition) is 2. The summed E-state index contributed by atoms with van der Waals surface area (Å²) in [6.07, 6.45) is 1.68. The molecule has 3 heterocycles. The maximum Gasteiger partial charge on any atom is 0.280 e. The summed E-state index contributed by atoms with van der Waals surface area (Å²) < 4.78 is 6.18. The number of thiocarbonyl (C=S) groups is 1. The van der Waals surface area contributed by atoms with Crippen molar-refractivity contribution in [3.05, 3.63) is 106 Å². The molecule has 2 N–H and O–H groups in total. The van der Waals surface area contributed by atoms with Crippen molar-refractivity contribution in [1.82, 2.24) is 10.3 Å². The van der Waals surface area contributed by atoms with Crippen LogP contribution in [-0.4, -0.2) is 20.1 Å². The molecular formula is C24H17ClN4O4S. The zero-order chi connectivity index (χ0) is 23.8. The van der Waals surface area contributed by atoms with Crippen molar-refractivity contribution in [1.29, 1.82) is 0 Å². The first kappa shape index (κ1) is 21.9. The molecule has 2 atom stereocenters. The first-order valence-corrected chi connectivity index (χ1v) is 11.1. The quantitative estimate of drug-likeness (QED) is 0.205.